The Kier molecular flexibility index (Phi) is 34.6. The van der Waals surface area contributed by atoms with Gasteiger partial charge in [-0.15, -0.1) is 0 Å². The fourth-order valence-electron chi connectivity index (χ4n) is 5.39. The number of hydrogen-bond donors (Lipinski definition) is 4. The number of unbranched alkanes of at least 4 members (excludes halogenated alkanes) is 13. The highest BCUT2D eigenvalue weighted by atomic mass is 31.2. The Morgan fingerprint density at radius 2 is 1.23 bits per heavy atom. The van der Waals surface area contributed by atoms with E-state index >= 15 is 0 Å². The minimum Gasteiger partial charge on any atom is -0.462 e. The van der Waals surface area contributed by atoms with E-state index in [2.05, 4.69) is 37.4 Å². The third kappa shape index (κ3) is 35.6. The van der Waals surface area contributed by atoms with Crippen molar-refractivity contribution < 1.29 is 52.9 Å². The van der Waals surface area contributed by atoms with Gasteiger partial charge >= 0.3 is 19.8 Å². The van der Waals surface area contributed by atoms with Crippen molar-refractivity contribution in [1.29, 1.82) is 0 Å². The number of aliphatic hydroxyl groups excluding tert-OH is 3. The number of phosphoric ester groups is 1. The van der Waals surface area contributed by atoms with Crippen LogP contribution < -0.4 is 0 Å². The molecule has 0 aliphatic carbocycles. The number of rotatable bonds is 37. The zero-order valence-corrected chi connectivity index (χ0v) is 34.1. The maximum Gasteiger partial charge on any atom is 0.472 e. The zero-order valence-electron chi connectivity index (χ0n) is 33.3. The lowest BCUT2D eigenvalue weighted by atomic mass is 9.99. The fourth-order valence-corrected chi connectivity index (χ4v) is 6.18. The Balaban J connectivity index is 4.43. The second-order valence-corrected chi connectivity index (χ2v) is 15.5. The van der Waals surface area contributed by atoms with Gasteiger partial charge in [0, 0.05) is 12.8 Å². The molecule has 0 fully saturated rings. The van der Waals surface area contributed by atoms with E-state index in [4.69, 9.17) is 19.1 Å². The Hall–Kier alpha value is -1.85. The van der Waals surface area contributed by atoms with E-state index in [1.54, 1.807) is 6.08 Å². The van der Waals surface area contributed by atoms with Gasteiger partial charge < -0.3 is 29.7 Å². The molecule has 0 aliphatic heterocycles. The predicted molar refractivity (Wildman–Crippen MR) is 211 cm³/mol. The Bertz CT molecular complexity index is 1020. The van der Waals surface area contributed by atoms with Crippen LogP contribution in [0, 0.1) is 5.92 Å². The number of hydrogen-bond acceptors (Lipinski definition) is 10. The Morgan fingerprint density at radius 3 is 1.81 bits per heavy atom. The van der Waals surface area contributed by atoms with E-state index in [0.29, 0.717) is 19.3 Å². The summed E-state index contributed by atoms with van der Waals surface area (Å²) in [5.41, 5.74) is 0. The van der Waals surface area contributed by atoms with Crippen LogP contribution in [-0.2, 0) is 32.7 Å². The number of phosphoric acid groups is 1. The summed E-state index contributed by atoms with van der Waals surface area (Å²) in [7, 11) is -4.64. The van der Waals surface area contributed by atoms with Crippen molar-refractivity contribution in [1.82, 2.24) is 0 Å². The Morgan fingerprint density at radius 1 is 0.679 bits per heavy atom. The van der Waals surface area contributed by atoms with Crippen molar-refractivity contribution in [3.63, 3.8) is 0 Å². The minimum atomic E-state index is -4.64. The van der Waals surface area contributed by atoms with Gasteiger partial charge in [0.15, 0.2) is 6.10 Å². The molecule has 0 amide bonds. The van der Waals surface area contributed by atoms with Crippen LogP contribution >= 0.6 is 7.82 Å². The highest BCUT2D eigenvalue weighted by Gasteiger charge is 2.27. The smallest absolute Gasteiger partial charge is 0.462 e. The van der Waals surface area contributed by atoms with Crippen LogP contribution in [0.1, 0.15) is 162 Å². The Labute approximate surface area is 321 Å². The van der Waals surface area contributed by atoms with Gasteiger partial charge in [-0.3, -0.25) is 18.6 Å². The van der Waals surface area contributed by atoms with Crippen molar-refractivity contribution in [2.75, 3.05) is 26.4 Å². The number of esters is 2. The van der Waals surface area contributed by atoms with E-state index in [-0.39, 0.29) is 19.4 Å². The summed E-state index contributed by atoms with van der Waals surface area (Å²) in [5.74, 6) is -0.167. The third-order valence-corrected chi connectivity index (χ3v) is 9.90. The van der Waals surface area contributed by atoms with Gasteiger partial charge in [-0.05, 0) is 38.0 Å². The summed E-state index contributed by atoms with van der Waals surface area (Å²) >= 11 is 0. The van der Waals surface area contributed by atoms with E-state index < -0.39 is 57.9 Å². The molecular weight excluding hydrogens is 699 g/mol. The SMILES string of the molecule is CC/C=C/C/C=C/C=C/C(O)CCCCCCCC(=O)O[C@H](COC(=O)CCCCCCCCCCCCC(C)CC)COP(=O)(O)OC[C@@H](O)CO. The van der Waals surface area contributed by atoms with Crippen LogP contribution in [0.25, 0.3) is 0 Å². The van der Waals surface area contributed by atoms with Crippen molar-refractivity contribution in [2.24, 2.45) is 5.92 Å². The van der Waals surface area contributed by atoms with E-state index in [9.17, 15) is 29.3 Å². The van der Waals surface area contributed by atoms with Gasteiger partial charge in [-0.1, -0.05) is 154 Å². The van der Waals surface area contributed by atoms with Crippen LogP contribution in [0.3, 0.4) is 0 Å². The average Bonchev–Trinajstić information content (AvgIpc) is 3.14. The van der Waals surface area contributed by atoms with Gasteiger partial charge in [-0.25, -0.2) is 4.57 Å². The topological polar surface area (TPSA) is 169 Å². The lowest BCUT2D eigenvalue weighted by Crippen LogP contribution is -2.29. The van der Waals surface area contributed by atoms with Crippen molar-refractivity contribution in [3.05, 3.63) is 36.5 Å². The van der Waals surface area contributed by atoms with Crippen LogP contribution in [0.2, 0.25) is 0 Å². The van der Waals surface area contributed by atoms with Gasteiger partial charge in [-0.2, -0.15) is 0 Å². The maximum absolute atomic E-state index is 12.6. The highest BCUT2D eigenvalue weighted by molar-refractivity contribution is 7.47. The minimum absolute atomic E-state index is 0.115. The summed E-state index contributed by atoms with van der Waals surface area (Å²) in [6.07, 6.45) is 29.9. The first-order valence-electron chi connectivity index (χ1n) is 20.4. The first-order chi connectivity index (χ1) is 25.5. The monoisotopic (exact) mass is 775 g/mol. The molecule has 0 aromatic heterocycles. The molecule has 11 nitrogen and oxygen atoms in total. The molecule has 0 aromatic carbocycles. The molecule has 0 bridgehead atoms. The van der Waals surface area contributed by atoms with E-state index in [1.807, 2.05) is 18.2 Å². The first kappa shape index (κ1) is 51.1. The summed E-state index contributed by atoms with van der Waals surface area (Å²) in [4.78, 5) is 34.9. The molecule has 0 spiro atoms. The van der Waals surface area contributed by atoms with Crippen LogP contribution in [0.15, 0.2) is 36.5 Å². The molecule has 310 valence electrons. The number of aliphatic hydroxyl groups is 3. The van der Waals surface area contributed by atoms with Crippen LogP contribution in [-0.4, -0.2) is 76.9 Å². The first-order valence-corrected chi connectivity index (χ1v) is 21.9. The molecule has 0 heterocycles. The lowest BCUT2D eigenvalue weighted by molar-refractivity contribution is -0.161. The van der Waals surface area contributed by atoms with Gasteiger partial charge in [0.1, 0.15) is 12.7 Å². The normalized spacial score (nSPS) is 15.5. The predicted octanol–water partition coefficient (Wildman–Crippen LogP) is 9.22. The molecular formula is C41H75O11P. The maximum atomic E-state index is 12.6. The summed E-state index contributed by atoms with van der Waals surface area (Å²) < 4.78 is 32.6. The molecule has 0 radical (unpaired) electrons. The number of carbonyl (C=O) groups is 2. The zero-order chi connectivity index (χ0) is 39.4. The molecule has 0 aromatic rings. The molecule has 0 rings (SSSR count). The number of allylic oxidation sites excluding steroid dienone is 5. The van der Waals surface area contributed by atoms with Gasteiger partial charge in [0.25, 0.3) is 0 Å². The van der Waals surface area contributed by atoms with Crippen LogP contribution in [0.5, 0.6) is 0 Å². The molecule has 0 aliphatic rings. The van der Waals surface area contributed by atoms with E-state index in [0.717, 1.165) is 63.7 Å². The molecule has 3 unspecified atom stereocenters. The second kappa shape index (κ2) is 35.8. The van der Waals surface area contributed by atoms with Crippen molar-refractivity contribution >= 4 is 19.8 Å². The fraction of sp³-hybridized carbons (Fsp3) is 0.805. The lowest BCUT2D eigenvalue weighted by Gasteiger charge is -2.20. The highest BCUT2D eigenvalue weighted by Crippen LogP contribution is 2.43. The molecule has 0 saturated carbocycles. The standard InChI is InChI=1S/C41H75O11P/c1-4-6-7-8-13-18-23-28-37(43)29-24-19-16-21-26-31-41(46)52-39(35-51-53(47,48)50-33-38(44)32-42)34-49-40(45)30-25-20-15-12-10-9-11-14-17-22-27-36(3)5-2/h6-7,13,18,23,28,36-39,42-44H,4-5,8-12,14-17,19-22,24-27,29-35H2,1-3H3,(H,47,48)/b7-6+,18-13+,28-23+/t36?,37?,38-,39+/m0/s1. The molecule has 12 heteroatoms. The molecule has 0 saturated heterocycles. The van der Waals surface area contributed by atoms with Gasteiger partial charge in [0.05, 0.1) is 25.9 Å². The average molecular weight is 775 g/mol. The second-order valence-electron chi connectivity index (χ2n) is 14.1. The summed E-state index contributed by atoms with van der Waals surface area (Å²) in [6, 6.07) is 0. The van der Waals surface area contributed by atoms with Gasteiger partial charge in [0.2, 0.25) is 0 Å². The molecule has 4 N–H and O–H groups in total. The molecule has 53 heavy (non-hydrogen) atoms. The van der Waals surface area contributed by atoms with Crippen molar-refractivity contribution in [3.8, 4) is 0 Å². The van der Waals surface area contributed by atoms with Crippen molar-refractivity contribution in [2.45, 2.75) is 180 Å². The quantitative estimate of drug-likeness (QED) is 0.0156. The third-order valence-electron chi connectivity index (χ3n) is 8.95. The summed E-state index contributed by atoms with van der Waals surface area (Å²) in [6.45, 7) is 4.46. The molecule has 5 atom stereocenters. The number of carbonyl (C=O) groups excluding carboxylic acids is 2. The van der Waals surface area contributed by atoms with Crippen LogP contribution in [0.4, 0.5) is 0 Å². The summed E-state index contributed by atoms with van der Waals surface area (Å²) in [5, 5.41) is 28.4. The largest absolute Gasteiger partial charge is 0.472 e. The van der Waals surface area contributed by atoms with E-state index in [1.165, 1.54) is 51.4 Å². The number of ether oxygens (including phenoxy) is 2.